The Bertz CT molecular complexity index is 471. The molecule has 0 saturated heterocycles. The van der Waals surface area contributed by atoms with Crippen molar-refractivity contribution in [1.29, 1.82) is 0 Å². The third-order valence-electron chi connectivity index (χ3n) is 2.61. The minimum Gasteiger partial charge on any atom is -0.497 e. The van der Waals surface area contributed by atoms with Crippen molar-refractivity contribution in [3.8, 4) is 5.75 Å². The molecule has 1 aromatic carbocycles. The van der Waals surface area contributed by atoms with Crippen LogP contribution < -0.4 is 4.74 Å². The van der Waals surface area contributed by atoms with Gasteiger partial charge in [0.25, 0.3) is 0 Å². The van der Waals surface area contributed by atoms with Crippen molar-refractivity contribution in [2.24, 2.45) is 0 Å². The van der Waals surface area contributed by atoms with Gasteiger partial charge in [0.15, 0.2) is 0 Å². The van der Waals surface area contributed by atoms with Gasteiger partial charge in [0, 0.05) is 18.3 Å². The SMILES string of the molecule is COc1cccc(C(O)Cc2ccccn2)c1. The molecule has 3 nitrogen and oxygen atoms in total. The van der Waals surface area contributed by atoms with E-state index >= 15 is 0 Å². The zero-order valence-electron chi connectivity index (χ0n) is 9.71. The summed E-state index contributed by atoms with van der Waals surface area (Å²) in [5.74, 6) is 0.752. The van der Waals surface area contributed by atoms with Gasteiger partial charge in [-0.3, -0.25) is 4.98 Å². The largest absolute Gasteiger partial charge is 0.497 e. The monoisotopic (exact) mass is 229 g/mol. The highest BCUT2D eigenvalue weighted by molar-refractivity contribution is 5.30. The first kappa shape index (κ1) is 11.6. The van der Waals surface area contributed by atoms with Gasteiger partial charge in [-0.15, -0.1) is 0 Å². The number of rotatable bonds is 4. The summed E-state index contributed by atoms with van der Waals surface area (Å²) in [5, 5.41) is 10.1. The van der Waals surface area contributed by atoms with Crippen LogP contribution in [0.5, 0.6) is 5.75 Å². The predicted octanol–water partition coefficient (Wildman–Crippen LogP) is 2.37. The van der Waals surface area contributed by atoms with Crippen LogP contribution in [0.15, 0.2) is 48.7 Å². The van der Waals surface area contributed by atoms with Crippen LogP contribution in [-0.2, 0) is 6.42 Å². The lowest BCUT2D eigenvalue weighted by Crippen LogP contribution is -2.03. The predicted molar refractivity (Wildman–Crippen MR) is 65.9 cm³/mol. The van der Waals surface area contributed by atoms with Gasteiger partial charge in [0.05, 0.1) is 13.2 Å². The third kappa shape index (κ3) is 3.04. The van der Waals surface area contributed by atoms with Crippen molar-refractivity contribution < 1.29 is 9.84 Å². The summed E-state index contributed by atoms with van der Waals surface area (Å²) in [4.78, 5) is 4.20. The average molecular weight is 229 g/mol. The van der Waals surface area contributed by atoms with Gasteiger partial charge in [-0.25, -0.2) is 0 Å². The Kier molecular flexibility index (Phi) is 3.73. The quantitative estimate of drug-likeness (QED) is 0.875. The summed E-state index contributed by atoms with van der Waals surface area (Å²) < 4.78 is 5.13. The van der Waals surface area contributed by atoms with Gasteiger partial charge in [0.2, 0.25) is 0 Å². The molecule has 0 fully saturated rings. The number of ether oxygens (including phenoxy) is 1. The molecule has 0 amide bonds. The number of aliphatic hydroxyl groups excluding tert-OH is 1. The van der Waals surface area contributed by atoms with Crippen LogP contribution in [-0.4, -0.2) is 17.2 Å². The van der Waals surface area contributed by atoms with Crippen LogP contribution in [0.1, 0.15) is 17.4 Å². The molecule has 2 rings (SSSR count). The first-order valence-corrected chi connectivity index (χ1v) is 5.51. The number of methoxy groups -OCH3 is 1. The lowest BCUT2D eigenvalue weighted by atomic mass is 10.0. The van der Waals surface area contributed by atoms with Crippen molar-refractivity contribution in [1.82, 2.24) is 4.98 Å². The van der Waals surface area contributed by atoms with E-state index in [9.17, 15) is 5.11 Å². The van der Waals surface area contributed by atoms with Gasteiger partial charge in [0.1, 0.15) is 5.75 Å². The minimum absolute atomic E-state index is 0.508. The second-order valence-corrected chi connectivity index (χ2v) is 3.82. The molecule has 0 radical (unpaired) electrons. The van der Waals surface area contributed by atoms with Crippen LogP contribution in [0.25, 0.3) is 0 Å². The highest BCUT2D eigenvalue weighted by Gasteiger charge is 2.09. The number of aliphatic hydroxyl groups is 1. The Morgan fingerprint density at radius 1 is 1.24 bits per heavy atom. The number of hydrogen-bond donors (Lipinski definition) is 1. The number of nitrogens with zero attached hydrogens (tertiary/aromatic N) is 1. The molecule has 2 aromatic rings. The molecule has 1 aromatic heterocycles. The van der Waals surface area contributed by atoms with Crippen LogP contribution in [0.3, 0.4) is 0 Å². The van der Waals surface area contributed by atoms with Crippen molar-refractivity contribution >= 4 is 0 Å². The zero-order chi connectivity index (χ0) is 12.1. The van der Waals surface area contributed by atoms with E-state index in [1.165, 1.54) is 0 Å². The van der Waals surface area contributed by atoms with Crippen molar-refractivity contribution in [2.45, 2.75) is 12.5 Å². The van der Waals surface area contributed by atoms with Crippen molar-refractivity contribution in [3.63, 3.8) is 0 Å². The average Bonchev–Trinajstić information content (AvgIpc) is 2.40. The molecule has 1 N–H and O–H groups in total. The number of aromatic nitrogens is 1. The maximum Gasteiger partial charge on any atom is 0.119 e. The maximum absolute atomic E-state index is 10.1. The van der Waals surface area contributed by atoms with E-state index in [1.807, 2.05) is 42.5 Å². The van der Waals surface area contributed by atoms with E-state index in [4.69, 9.17) is 4.74 Å². The lowest BCUT2D eigenvalue weighted by molar-refractivity contribution is 0.177. The highest BCUT2D eigenvalue weighted by Crippen LogP contribution is 2.21. The maximum atomic E-state index is 10.1. The molecule has 0 spiro atoms. The van der Waals surface area contributed by atoms with E-state index in [-0.39, 0.29) is 0 Å². The summed E-state index contributed by atoms with van der Waals surface area (Å²) in [5.41, 5.74) is 1.72. The molecule has 0 bridgehead atoms. The lowest BCUT2D eigenvalue weighted by Gasteiger charge is -2.11. The summed E-state index contributed by atoms with van der Waals surface area (Å²) >= 11 is 0. The molecule has 1 unspecified atom stereocenters. The molecule has 0 aliphatic heterocycles. The highest BCUT2D eigenvalue weighted by atomic mass is 16.5. The Labute approximate surface area is 101 Å². The molecular formula is C14H15NO2. The number of benzene rings is 1. The van der Waals surface area contributed by atoms with Crippen LogP contribution in [0.2, 0.25) is 0 Å². The number of hydrogen-bond acceptors (Lipinski definition) is 3. The molecule has 1 atom stereocenters. The molecule has 0 aliphatic rings. The van der Waals surface area contributed by atoms with E-state index in [0.29, 0.717) is 6.42 Å². The fraction of sp³-hybridized carbons (Fsp3) is 0.214. The fourth-order valence-electron chi connectivity index (χ4n) is 1.68. The molecule has 88 valence electrons. The normalized spacial score (nSPS) is 12.1. The van der Waals surface area contributed by atoms with Gasteiger partial charge in [-0.2, -0.15) is 0 Å². The van der Waals surface area contributed by atoms with Gasteiger partial charge in [-0.1, -0.05) is 18.2 Å². The molecule has 0 saturated carbocycles. The summed E-state index contributed by atoms with van der Waals surface area (Å²) in [6.07, 6.45) is 1.68. The minimum atomic E-state index is -0.556. The Balaban J connectivity index is 2.11. The van der Waals surface area contributed by atoms with Gasteiger partial charge in [-0.05, 0) is 29.8 Å². The summed E-state index contributed by atoms with van der Waals surface area (Å²) in [6, 6.07) is 13.1. The topological polar surface area (TPSA) is 42.4 Å². The standard InChI is InChI=1S/C14H15NO2/c1-17-13-7-4-5-11(9-13)14(16)10-12-6-2-3-8-15-12/h2-9,14,16H,10H2,1H3. The van der Waals surface area contributed by atoms with Crippen LogP contribution in [0, 0.1) is 0 Å². The fourth-order valence-corrected chi connectivity index (χ4v) is 1.68. The summed E-state index contributed by atoms with van der Waals surface area (Å²) in [6.45, 7) is 0. The smallest absolute Gasteiger partial charge is 0.119 e. The second-order valence-electron chi connectivity index (χ2n) is 3.82. The van der Waals surface area contributed by atoms with Crippen LogP contribution >= 0.6 is 0 Å². The van der Waals surface area contributed by atoms with Crippen LogP contribution in [0.4, 0.5) is 0 Å². The van der Waals surface area contributed by atoms with Gasteiger partial charge < -0.3 is 9.84 Å². The Morgan fingerprint density at radius 2 is 2.12 bits per heavy atom. The molecule has 17 heavy (non-hydrogen) atoms. The third-order valence-corrected chi connectivity index (χ3v) is 2.61. The number of pyridine rings is 1. The van der Waals surface area contributed by atoms with E-state index in [1.54, 1.807) is 13.3 Å². The van der Waals surface area contributed by atoms with Crippen molar-refractivity contribution in [3.05, 3.63) is 59.9 Å². The first-order chi connectivity index (χ1) is 8.29. The van der Waals surface area contributed by atoms with E-state index in [0.717, 1.165) is 17.0 Å². The molecule has 1 heterocycles. The Hall–Kier alpha value is -1.87. The zero-order valence-corrected chi connectivity index (χ0v) is 9.71. The van der Waals surface area contributed by atoms with Crippen molar-refractivity contribution in [2.75, 3.05) is 7.11 Å². The first-order valence-electron chi connectivity index (χ1n) is 5.51. The molecule has 3 heteroatoms. The Morgan fingerprint density at radius 3 is 2.82 bits per heavy atom. The van der Waals surface area contributed by atoms with E-state index in [2.05, 4.69) is 4.98 Å². The second kappa shape index (κ2) is 5.46. The molecular weight excluding hydrogens is 214 g/mol. The van der Waals surface area contributed by atoms with E-state index < -0.39 is 6.10 Å². The molecule has 0 aliphatic carbocycles. The summed E-state index contributed by atoms with van der Waals surface area (Å²) in [7, 11) is 1.62. The van der Waals surface area contributed by atoms with Gasteiger partial charge >= 0.3 is 0 Å².